The number of likely N-dealkylation sites (tertiary alicyclic amines) is 2. The van der Waals surface area contributed by atoms with Crippen molar-refractivity contribution in [1.82, 2.24) is 15.1 Å². The number of nitrogens with zero attached hydrogens (tertiary/aromatic N) is 2. The standard InChI is InChI=1S/C25H31N3O2S/c29-24(11-10-20-7-2-1-3-8-20)28-16-12-21(13-17-28)25(30)26-19-22(23-9-6-18-31-23)27-14-4-5-15-27/h1-3,6-11,18,21-22H,4-5,12-17,19H2,(H,26,30). The Morgan fingerprint density at radius 2 is 1.77 bits per heavy atom. The zero-order valence-corrected chi connectivity index (χ0v) is 18.7. The lowest BCUT2D eigenvalue weighted by atomic mass is 9.95. The second-order valence-corrected chi connectivity index (χ2v) is 9.34. The van der Waals surface area contributed by atoms with Crippen molar-refractivity contribution < 1.29 is 9.59 Å². The van der Waals surface area contributed by atoms with Crippen LogP contribution in [0.5, 0.6) is 0 Å². The summed E-state index contributed by atoms with van der Waals surface area (Å²) >= 11 is 1.77. The number of piperidine rings is 1. The van der Waals surface area contributed by atoms with Gasteiger partial charge >= 0.3 is 0 Å². The van der Waals surface area contributed by atoms with E-state index in [2.05, 4.69) is 27.7 Å². The normalized spacial score (nSPS) is 19.0. The predicted octanol–water partition coefficient (Wildman–Crippen LogP) is 3.95. The Hall–Kier alpha value is -2.44. The third kappa shape index (κ3) is 5.83. The summed E-state index contributed by atoms with van der Waals surface area (Å²) < 4.78 is 0. The van der Waals surface area contributed by atoms with Crippen molar-refractivity contribution in [2.75, 3.05) is 32.7 Å². The molecule has 4 rings (SSSR count). The molecule has 0 saturated carbocycles. The number of nitrogens with one attached hydrogen (secondary N) is 1. The zero-order valence-electron chi connectivity index (χ0n) is 17.9. The smallest absolute Gasteiger partial charge is 0.246 e. The van der Waals surface area contributed by atoms with Gasteiger partial charge in [-0.1, -0.05) is 36.4 Å². The Labute approximate surface area is 188 Å². The summed E-state index contributed by atoms with van der Waals surface area (Å²) in [5, 5.41) is 5.33. The van der Waals surface area contributed by atoms with E-state index < -0.39 is 0 Å². The highest BCUT2D eigenvalue weighted by molar-refractivity contribution is 7.10. The van der Waals surface area contributed by atoms with Gasteiger partial charge in [0.1, 0.15) is 0 Å². The fourth-order valence-electron chi connectivity index (χ4n) is 4.48. The van der Waals surface area contributed by atoms with Crippen LogP contribution in [-0.2, 0) is 9.59 Å². The SMILES string of the molecule is O=C(NCC(c1cccs1)N1CCCC1)C1CCN(C(=O)C=Cc2ccccc2)CC1. The Kier molecular flexibility index (Phi) is 7.54. The Morgan fingerprint density at radius 3 is 2.45 bits per heavy atom. The average Bonchev–Trinajstić information content (AvgIpc) is 3.53. The van der Waals surface area contributed by atoms with Crippen molar-refractivity contribution >= 4 is 29.2 Å². The van der Waals surface area contributed by atoms with Crippen molar-refractivity contribution in [2.24, 2.45) is 5.92 Å². The molecule has 1 unspecified atom stereocenters. The van der Waals surface area contributed by atoms with E-state index >= 15 is 0 Å². The number of amides is 2. The summed E-state index contributed by atoms with van der Waals surface area (Å²) in [6, 6.07) is 14.4. The first-order valence-corrected chi connectivity index (χ1v) is 12.2. The van der Waals surface area contributed by atoms with Crippen molar-refractivity contribution in [3.8, 4) is 0 Å². The van der Waals surface area contributed by atoms with Crippen LogP contribution in [0.3, 0.4) is 0 Å². The van der Waals surface area contributed by atoms with Gasteiger partial charge in [0.05, 0.1) is 6.04 Å². The number of thiophene rings is 1. The fourth-order valence-corrected chi connectivity index (χ4v) is 5.35. The van der Waals surface area contributed by atoms with Crippen LogP contribution in [-0.4, -0.2) is 54.3 Å². The van der Waals surface area contributed by atoms with Crippen molar-refractivity contribution in [1.29, 1.82) is 0 Å². The first kappa shape index (κ1) is 21.8. The van der Waals surface area contributed by atoms with Crippen LogP contribution < -0.4 is 5.32 Å². The van der Waals surface area contributed by atoms with Crippen molar-refractivity contribution in [3.05, 3.63) is 64.4 Å². The van der Waals surface area contributed by atoms with E-state index in [-0.39, 0.29) is 23.8 Å². The molecule has 2 aromatic rings. The number of carbonyl (C=O) groups excluding carboxylic acids is 2. The molecule has 2 aliphatic rings. The van der Waals surface area contributed by atoms with Gasteiger partial charge in [0, 0.05) is 36.5 Å². The second kappa shape index (κ2) is 10.7. The van der Waals surface area contributed by atoms with Crippen molar-refractivity contribution in [3.63, 3.8) is 0 Å². The number of hydrogen-bond acceptors (Lipinski definition) is 4. The van der Waals surface area contributed by atoms with Gasteiger partial charge in [-0.2, -0.15) is 0 Å². The van der Waals surface area contributed by atoms with Gasteiger partial charge in [-0.3, -0.25) is 14.5 Å². The Morgan fingerprint density at radius 1 is 1.03 bits per heavy atom. The van der Waals surface area contributed by atoms with Gasteiger partial charge in [0.25, 0.3) is 0 Å². The van der Waals surface area contributed by atoms with Crippen LogP contribution in [0, 0.1) is 5.92 Å². The number of carbonyl (C=O) groups is 2. The lowest BCUT2D eigenvalue weighted by molar-refractivity contribution is -0.132. The molecule has 2 saturated heterocycles. The molecule has 1 N–H and O–H groups in total. The molecule has 0 spiro atoms. The molecule has 0 aliphatic carbocycles. The average molecular weight is 438 g/mol. The molecule has 2 aliphatic heterocycles. The van der Waals surface area contributed by atoms with E-state index in [4.69, 9.17) is 0 Å². The molecule has 1 atom stereocenters. The van der Waals surface area contributed by atoms with E-state index in [9.17, 15) is 9.59 Å². The fraction of sp³-hybridized carbons (Fsp3) is 0.440. The highest BCUT2D eigenvalue weighted by atomic mass is 32.1. The maximum absolute atomic E-state index is 12.8. The molecule has 1 aromatic carbocycles. The molecule has 0 radical (unpaired) electrons. The van der Waals surface area contributed by atoms with Gasteiger partial charge in [0.2, 0.25) is 11.8 Å². The van der Waals surface area contributed by atoms with E-state index in [1.165, 1.54) is 17.7 Å². The molecular weight excluding hydrogens is 406 g/mol. The van der Waals surface area contributed by atoms with Crippen molar-refractivity contribution in [2.45, 2.75) is 31.7 Å². The van der Waals surface area contributed by atoms with Crippen LogP contribution in [0.15, 0.2) is 53.9 Å². The van der Waals surface area contributed by atoms with E-state index in [0.717, 1.165) is 31.5 Å². The summed E-state index contributed by atoms with van der Waals surface area (Å²) in [4.78, 5) is 31.0. The first-order valence-electron chi connectivity index (χ1n) is 11.3. The number of hydrogen-bond donors (Lipinski definition) is 1. The van der Waals surface area contributed by atoms with Crippen LogP contribution in [0.25, 0.3) is 6.08 Å². The topological polar surface area (TPSA) is 52.7 Å². The predicted molar refractivity (Wildman–Crippen MR) is 126 cm³/mol. The van der Waals surface area contributed by atoms with E-state index in [1.807, 2.05) is 41.3 Å². The quantitative estimate of drug-likeness (QED) is 0.668. The van der Waals surface area contributed by atoms with Gasteiger partial charge in [-0.15, -0.1) is 11.3 Å². The minimum absolute atomic E-state index is 0.00952. The summed E-state index contributed by atoms with van der Waals surface area (Å²) in [5.41, 5.74) is 1.02. The molecule has 3 heterocycles. The monoisotopic (exact) mass is 437 g/mol. The third-order valence-corrected chi connectivity index (χ3v) is 7.29. The number of benzene rings is 1. The minimum atomic E-state index is -0.00952. The molecule has 2 amide bonds. The summed E-state index contributed by atoms with van der Waals surface area (Å²) in [6.07, 6.45) is 7.41. The molecule has 0 bridgehead atoms. The molecule has 2 fully saturated rings. The summed E-state index contributed by atoms with van der Waals surface area (Å²) in [5.74, 6) is 0.145. The third-order valence-electron chi connectivity index (χ3n) is 6.32. The molecule has 6 heteroatoms. The largest absolute Gasteiger partial charge is 0.354 e. The van der Waals surface area contributed by atoms with Gasteiger partial charge in [-0.05, 0) is 61.9 Å². The maximum atomic E-state index is 12.8. The van der Waals surface area contributed by atoms with Crippen LogP contribution in [0.1, 0.15) is 42.2 Å². The number of rotatable bonds is 7. The molecular formula is C25H31N3O2S. The van der Waals surface area contributed by atoms with Gasteiger partial charge in [-0.25, -0.2) is 0 Å². The van der Waals surface area contributed by atoms with Gasteiger partial charge in [0.15, 0.2) is 0 Å². The molecule has 31 heavy (non-hydrogen) atoms. The molecule has 1 aromatic heterocycles. The highest BCUT2D eigenvalue weighted by Gasteiger charge is 2.29. The van der Waals surface area contributed by atoms with Crippen LogP contribution in [0.2, 0.25) is 0 Å². The van der Waals surface area contributed by atoms with Crippen LogP contribution >= 0.6 is 11.3 Å². The molecule has 5 nitrogen and oxygen atoms in total. The minimum Gasteiger partial charge on any atom is -0.354 e. The highest BCUT2D eigenvalue weighted by Crippen LogP contribution is 2.28. The molecule has 164 valence electrons. The Balaban J connectivity index is 1.25. The Bertz CT molecular complexity index is 867. The summed E-state index contributed by atoms with van der Waals surface area (Å²) in [7, 11) is 0. The van der Waals surface area contributed by atoms with Gasteiger partial charge < -0.3 is 10.2 Å². The van der Waals surface area contributed by atoms with E-state index in [0.29, 0.717) is 19.6 Å². The van der Waals surface area contributed by atoms with E-state index in [1.54, 1.807) is 17.4 Å². The van der Waals surface area contributed by atoms with Crippen LogP contribution in [0.4, 0.5) is 0 Å². The maximum Gasteiger partial charge on any atom is 0.246 e. The lowest BCUT2D eigenvalue weighted by Crippen LogP contribution is -2.44. The second-order valence-electron chi connectivity index (χ2n) is 8.36. The zero-order chi connectivity index (χ0) is 21.5. The summed E-state index contributed by atoms with van der Waals surface area (Å²) in [6.45, 7) is 4.15. The lowest BCUT2D eigenvalue weighted by Gasteiger charge is -2.32. The first-order chi connectivity index (χ1) is 15.2.